The smallest absolute Gasteiger partial charge is 0.410 e. The minimum atomic E-state index is -0.719. The average molecular weight is 743 g/mol. The predicted octanol–water partition coefficient (Wildman–Crippen LogP) is 8.24. The second-order valence-corrected chi connectivity index (χ2v) is 16.2. The molecule has 2 amide bonds. The van der Waals surface area contributed by atoms with Crippen LogP contribution in [0.4, 0.5) is 14.0 Å². The van der Waals surface area contributed by atoms with Crippen LogP contribution in [0, 0.1) is 24.1 Å². The highest BCUT2D eigenvalue weighted by Gasteiger charge is 2.35. The van der Waals surface area contributed by atoms with Crippen molar-refractivity contribution in [3.63, 3.8) is 0 Å². The van der Waals surface area contributed by atoms with Gasteiger partial charge in [0.15, 0.2) is 11.6 Å². The Bertz CT molecular complexity index is 1790. The first-order chi connectivity index (χ1) is 25.6. The Morgan fingerprint density at radius 2 is 1.61 bits per heavy atom. The van der Waals surface area contributed by atoms with Crippen molar-refractivity contribution in [2.75, 3.05) is 32.8 Å². The van der Waals surface area contributed by atoms with Gasteiger partial charge in [-0.2, -0.15) is 5.26 Å². The van der Waals surface area contributed by atoms with Gasteiger partial charge in [0.25, 0.3) is 0 Å². The number of nitriles is 1. The summed E-state index contributed by atoms with van der Waals surface area (Å²) in [5, 5.41) is 16.3. The van der Waals surface area contributed by atoms with Crippen LogP contribution in [0.3, 0.4) is 0 Å². The van der Waals surface area contributed by atoms with Gasteiger partial charge in [-0.05, 0) is 109 Å². The van der Waals surface area contributed by atoms with Crippen LogP contribution in [0.2, 0.25) is 0 Å². The first kappa shape index (κ1) is 40.5. The molecule has 1 saturated heterocycles. The predicted molar refractivity (Wildman–Crippen MR) is 206 cm³/mol. The van der Waals surface area contributed by atoms with Crippen molar-refractivity contribution in [3.05, 3.63) is 88.7 Å². The quantitative estimate of drug-likeness (QED) is 0.178. The number of carbonyl (C=O) groups excluding carboxylic acids is 2. The van der Waals surface area contributed by atoms with Crippen molar-refractivity contribution in [2.24, 2.45) is 0 Å². The summed E-state index contributed by atoms with van der Waals surface area (Å²) in [6.07, 6.45) is 1.94. The Kier molecular flexibility index (Phi) is 13.2. The number of carbonyl (C=O) groups is 2. The number of aryl methyl sites for hydroxylation is 1. The summed E-state index contributed by atoms with van der Waals surface area (Å²) in [4.78, 5) is 28.4. The number of halogens is 1. The molecule has 54 heavy (non-hydrogen) atoms. The van der Waals surface area contributed by atoms with E-state index >= 15 is 4.39 Å². The van der Waals surface area contributed by atoms with Crippen LogP contribution in [0.25, 0.3) is 11.1 Å². The number of ether oxygens (including phenoxy) is 4. The number of hydrogen-bond acceptors (Lipinski definition) is 8. The molecular formula is C43H55FN4O6. The molecule has 0 aromatic heterocycles. The van der Waals surface area contributed by atoms with E-state index in [4.69, 9.17) is 18.9 Å². The highest BCUT2D eigenvalue weighted by atomic mass is 19.1. The number of rotatable bonds is 12. The Labute approximate surface area is 319 Å². The largest absolute Gasteiger partial charge is 0.488 e. The minimum absolute atomic E-state index is 0.0524. The van der Waals surface area contributed by atoms with Crippen molar-refractivity contribution in [1.29, 1.82) is 5.26 Å². The zero-order valence-electron chi connectivity index (χ0n) is 32.7. The molecule has 2 aliphatic rings. The van der Waals surface area contributed by atoms with Gasteiger partial charge >= 0.3 is 12.2 Å². The molecule has 1 atom stereocenters. The van der Waals surface area contributed by atoms with Crippen LogP contribution in [-0.2, 0) is 14.2 Å². The average Bonchev–Trinajstić information content (AvgIpc) is 3.08. The third-order valence-corrected chi connectivity index (χ3v) is 9.67. The Hall–Kier alpha value is -4.66. The summed E-state index contributed by atoms with van der Waals surface area (Å²) in [6, 6.07) is 20.8. The summed E-state index contributed by atoms with van der Waals surface area (Å²) in [5.74, 6) is -0.874. The van der Waals surface area contributed by atoms with Gasteiger partial charge in [-0.15, -0.1) is 0 Å². The molecule has 3 aromatic carbocycles. The first-order valence-electron chi connectivity index (χ1n) is 18.9. The highest BCUT2D eigenvalue weighted by molar-refractivity contribution is 5.76. The summed E-state index contributed by atoms with van der Waals surface area (Å²) >= 11 is 0. The van der Waals surface area contributed by atoms with E-state index < -0.39 is 29.2 Å². The molecule has 1 aliphatic heterocycles. The first-order valence-corrected chi connectivity index (χ1v) is 18.9. The second kappa shape index (κ2) is 17.7. The van der Waals surface area contributed by atoms with Crippen molar-refractivity contribution >= 4 is 12.2 Å². The van der Waals surface area contributed by atoms with E-state index in [2.05, 4.69) is 16.7 Å². The van der Waals surface area contributed by atoms with Crippen molar-refractivity contribution in [2.45, 2.75) is 109 Å². The van der Waals surface area contributed by atoms with Gasteiger partial charge in [-0.25, -0.2) is 14.0 Å². The van der Waals surface area contributed by atoms with E-state index in [1.165, 1.54) is 6.07 Å². The molecule has 11 heteroatoms. The highest BCUT2D eigenvalue weighted by Crippen LogP contribution is 2.38. The maximum atomic E-state index is 16.4. The molecule has 0 radical (unpaired) electrons. The van der Waals surface area contributed by atoms with Gasteiger partial charge in [0.1, 0.15) is 17.8 Å². The van der Waals surface area contributed by atoms with E-state index in [-0.39, 0.29) is 47.6 Å². The van der Waals surface area contributed by atoms with Gasteiger partial charge < -0.3 is 34.5 Å². The third-order valence-electron chi connectivity index (χ3n) is 9.67. The summed E-state index contributed by atoms with van der Waals surface area (Å²) < 4.78 is 39.4. The van der Waals surface area contributed by atoms with Crippen LogP contribution >= 0.6 is 0 Å². The van der Waals surface area contributed by atoms with Gasteiger partial charge in [0.05, 0.1) is 24.3 Å². The second-order valence-electron chi connectivity index (χ2n) is 16.2. The lowest BCUT2D eigenvalue weighted by Gasteiger charge is -2.39. The molecule has 1 saturated carbocycles. The van der Waals surface area contributed by atoms with Gasteiger partial charge in [0, 0.05) is 43.2 Å². The standard InChI is InChI=1S/C43H55FN4O6/c1-28-13-14-30(23-35(28)38-31(24-45)15-20-37(39(38)44)52-22-21-51-34-25-46-26-34)36(29-11-9-8-10-12-29)27-48(41(50)54-43(5,6)7)33-18-16-32(17-19-33)47-40(49)53-42(2,3)4/h8-15,20,23,32-34,36,46H,16-19,21-22,25-27H2,1-7H3,(H,47,49). The molecule has 2 fully saturated rings. The molecule has 2 N–H and O–H groups in total. The number of hydrogen-bond donors (Lipinski definition) is 2. The maximum Gasteiger partial charge on any atom is 0.410 e. The number of amides is 2. The van der Waals surface area contributed by atoms with Crippen molar-refractivity contribution < 1.29 is 32.9 Å². The number of benzene rings is 3. The van der Waals surface area contributed by atoms with E-state index in [1.807, 2.05) is 102 Å². The van der Waals surface area contributed by atoms with Crippen molar-refractivity contribution in [3.8, 4) is 22.9 Å². The molecule has 1 heterocycles. The monoisotopic (exact) mass is 742 g/mol. The van der Waals surface area contributed by atoms with Crippen LogP contribution in [-0.4, -0.2) is 79.3 Å². The number of alkyl carbamates (subject to hydrolysis) is 1. The van der Waals surface area contributed by atoms with E-state index in [9.17, 15) is 14.9 Å². The Balaban J connectivity index is 1.45. The molecule has 290 valence electrons. The van der Waals surface area contributed by atoms with Crippen LogP contribution in [0.1, 0.15) is 95.4 Å². The lowest BCUT2D eigenvalue weighted by molar-refractivity contribution is 0.00410. The normalized spacial score (nSPS) is 18.1. The minimum Gasteiger partial charge on any atom is -0.488 e. The Morgan fingerprint density at radius 3 is 2.22 bits per heavy atom. The fourth-order valence-corrected chi connectivity index (χ4v) is 6.88. The van der Waals surface area contributed by atoms with Gasteiger partial charge in [0.2, 0.25) is 0 Å². The van der Waals surface area contributed by atoms with Gasteiger partial charge in [-0.3, -0.25) is 0 Å². The topological polar surface area (TPSA) is 122 Å². The number of nitrogens with one attached hydrogen (secondary N) is 2. The lowest BCUT2D eigenvalue weighted by Crippen LogP contribution is -2.49. The Morgan fingerprint density at radius 1 is 0.926 bits per heavy atom. The third kappa shape index (κ3) is 11.0. The molecule has 10 nitrogen and oxygen atoms in total. The summed E-state index contributed by atoms with van der Waals surface area (Å²) in [5.41, 5.74) is 2.24. The fraction of sp³-hybridized carbons (Fsp3) is 0.512. The van der Waals surface area contributed by atoms with E-state index in [0.717, 1.165) is 29.8 Å². The van der Waals surface area contributed by atoms with E-state index in [1.54, 1.807) is 6.07 Å². The number of nitrogens with zero attached hydrogens (tertiary/aromatic N) is 2. The maximum absolute atomic E-state index is 16.4. The molecule has 0 bridgehead atoms. The molecule has 5 rings (SSSR count). The van der Waals surface area contributed by atoms with Crippen molar-refractivity contribution in [1.82, 2.24) is 15.5 Å². The fourth-order valence-electron chi connectivity index (χ4n) is 6.88. The summed E-state index contributed by atoms with van der Waals surface area (Å²) in [7, 11) is 0. The molecule has 1 aliphatic carbocycles. The zero-order valence-corrected chi connectivity index (χ0v) is 32.7. The molecular weight excluding hydrogens is 687 g/mol. The summed E-state index contributed by atoms with van der Waals surface area (Å²) in [6.45, 7) is 15.3. The zero-order chi connectivity index (χ0) is 39.0. The molecule has 3 aromatic rings. The molecule has 1 unspecified atom stereocenters. The van der Waals surface area contributed by atoms with Gasteiger partial charge in [-0.1, -0.05) is 48.5 Å². The van der Waals surface area contributed by atoms with Crippen LogP contribution < -0.4 is 15.4 Å². The van der Waals surface area contributed by atoms with E-state index in [0.29, 0.717) is 44.4 Å². The van der Waals surface area contributed by atoms with Crippen LogP contribution in [0.15, 0.2) is 60.7 Å². The lowest BCUT2D eigenvalue weighted by atomic mass is 9.85. The van der Waals surface area contributed by atoms with Crippen LogP contribution in [0.5, 0.6) is 5.75 Å². The molecule has 0 spiro atoms. The SMILES string of the molecule is Cc1ccc(C(CN(C(=O)OC(C)(C)C)C2CCC(NC(=O)OC(C)(C)C)CC2)c2ccccc2)cc1-c1c(C#N)ccc(OCCOC2CNC2)c1F.